The minimum Gasteiger partial charge on any atom is -0.357 e. The van der Waals surface area contributed by atoms with E-state index in [1.54, 1.807) is 0 Å². The van der Waals surface area contributed by atoms with E-state index in [0.29, 0.717) is 13.0 Å². The van der Waals surface area contributed by atoms with Gasteiger partial charge in [-0.3, -0.25) is 4.79 Å². The monoisotopic (exact) mass is 520 g/mol. The van der Waals surface area contributed by atoms with Gasteiger partial charge >= 0.3 is 0 Å². The maximum absolute atomic E-state index is 12.5. The van der Waals surface area contributed by atoms with Crippen molar-refractivity contribution in [2.24, 2.45) is 4.99 Å². The molecular formula is C24H33IN4O. The number of guanidine groups is 1. The van der Waals surface area contributed by atoms with Crippen LogP contribution >= 0.6 is 24.0 Å². The zero-order chi connectivity index (χ0) is 20.5. The van der Waals surface area contributed by atoms with Crippen LogP contribution in [0.5, 0.6) is 0 Å². The van der Waals surface area contributed by atoms with E-state index < -0.39 is 0 Å². The molecule has 1 amide bonds. The number of aryl methyl sites for hydroxylation is 1. The highest BCUT2D eigenvalue weighted by atomic mass is 127. The van der Waals surface area contributed by atoms with Crippen LogP contribution in [0.3, 0.4) is 0 Å². The molecule has 2 aromatic carbocycles. The molecule has 2 aromatic rings. The number of nitrogens with zero attached hydrogens (tertiary/aromatic N) is 2. The highest BCUT2D eigenvalue weighted by molar-refractivity contribution is 14.0. The molecule has 1 heterocycles. The van der Waals surface area contributed by atoms with Gasteiger partial charge in [-0.2, -0.15) is 0 Å². The maximum atomic E-state index is 12.5. The third kappa shape index (κ3) is 6.72. The predicted octanol–water partition coefficient (Wildman–Crippen LogP) is 4.24. The van der Waals surface area contributed by atoms with Gasteiger partial charge in [-0.1, -0.05) is 55.5 Å². The van der Waals surface area contributed by atoms with Gasteiger partial charge in [0.05, 0.1) is 6.54 Å². The zero-order valence-electron chi connectivity index (χ0n) is 18.0. The SMILES string of the molecule is CCNC(=NCc1ccccc1CC)NCCCC(=O)N1Cc2ccccc2C1.I. The first-order valence-corrected chi connectivity index (χ1v) is 10.6. The average Bonchev–Trinajstić information content (AvgIpc) is 3.19. The Balaban J connectivity index is 0.00000320. The van der Waals surface area contributed by atoms with E-state index in [4.69, 9.17) is 4.99 Å². The van der Waals surface area contributed by atoms with Gasteiger partial charge in [0.15, 0.2) is 5.96 Å². The van der Waals surface area contributed by atoms with Crippen molar-refractivity contribution >= 4 is 35.8 Å². The van der Waals surface area contributed by atoms with Crippen LogP contribution < -0.4 is 10.6 Å². The molecule has 0 unspecified atom stereocenters. The molecule has 1 aliphatic rings. The van der Waals surface area contributed by atoms with Crippen molar-refractivity contribution in [3.63, 3.8) is 0 Å². The van der Waals surface area contributed by atoms with Gasteiger partial charge < -0.3 is 15.5 Å². The molecule has 162 valence electrons. The number of halogens is 1. The van der Waals surface area contributed by atoms with Crippen LogP contribution in [0, 0.1) is 0 Å². The summed E-state index contributed by atoms with van der Waals surface area (Å²) >= 11 is 0. The average molecular weight is 520 g/mol. The Labute approximate surface area is 197 Å². The van der Waals surface area contributed by atoms with E-state index >= 15 is 0 Å². The minimum absolute atomic E-state index is 0. The highest BCUT2D eigenvalue weighted by Crippen LogP contribution is 2.22. The summed E-state index contributed by atoms with van der Waals surface area (Å²) in [5, 5.41) is 6.65. The summed E-state index contributed by atoms with van der Waals surface area (Å²) < 4.78 is 0. The topological polar surface area (TPSA) is 56.7 Å². The number of carbonyl (C=O) groups excluding carboxylic acids is 1. The molecule has 0 fully saturated rings. The molecule has 0 atom stereocenters. The van der Waals surface area contributed by atoms with E-state index in [0.717, 1.165) is 45.0 Å². The molecule has 0 aromatic heterocycles. The fourth-order valence-electron chi connectivity index (χ4n) is 3.68. The summed E-state index contributed by atoms with van der Waals surface area (Å²) in [6, 6.07) is 16.7. The number of aliphatic imine (C=N–C) groups is 1. The van der Waals surface area contributed by atoms with Crippen LogP contribution in [0.2, 0.25) is 0 Å². The molecule has 0 bridgehead atoms. The Hall–Kier alpha value is -2.09. The lowest BCUT2D eigenvalue weighted by molar-refractivity contribution is -0.131. The lowest BCUT2D eigenvalue weighted by atomic mass is 10.1. The second-order valence-electron chi connectivity index (χ2n) is 7.37. The number of fused-ring (bicyclic) bond motifs is 1. The molecule has 1 aliphatic heterocycles. The number of hydrogen-bond donors (Lipinski definition) is 2. The Bertz CT molecular complexity index is 828. The van der Waals surface area contributed by atoms with Crippen molar-refractivity contribution in [3.05, 3.63) is 70.8 Å². The molecular weight excluding hydrogens is 487 g/mol. The van der Waals surface area contributed by atoms with Crippen molar-refractivity contribution in [2.75, 3.05) is 13.1 Å². The van der Waals surface area contributed by atoms with E-state index in [-0.39, 0.29) is 29.9 Å². The van der Waals surface area contributed by atoms with Crippen LogP contribution in [-0.4, -0.2) is 29.9 Å². The fourth-order valence-corrected chi connectivity index (χ4v) is 3.68. The van der Waals surface area contributed by atoms with Gasteiger partial charge in [0.2, 0.25) is 5.91 Å². The molecule has 30 heavy (non-hydrogen) atoms. The fraction of sp³-hybridized carbons (Fsp3) is 0.417. The molecule has 0 spiro atoms. The summed E-state index contributed by atoms with van der Waals surface area (Å²) in [5.41, 5.74) is 5.14. The summed E-state index contributed by atoms with van der Waals surface area (Å²) in [6.45, 7) is 7.91. The van der Waals surface area contributed by atoms with Crippen molar-refractivity contribution < 1.29 is 4.79 Å². The number of benzene rings is 2. The Morgan fingerprint density at radius 2 is 1.60 bits per heavy atom. The summed E-state index contributed by atoms with van der Waals surface area (Å²) in [6.07, 6.45) is 2.36. The van der Waals surface area contributed by atoms with Crippen molar-refractivity contribution in [3.8, 4) is 0 Å². The van der Waals surface area contributed by atoms with E-state index in [1.165, 1.54) is 22.3 Å². The smallest absolute Gasteiger partial charge is 0.223 e. The Kier molecular flexibility index (Phi) is 10.1. The third-order valence-electron chi connectivity index (χ3n) is 5.30. The maximum Gasteiger partial charge on any atom is 0.223 e. The van der Waals surface area contributed by atoms with Crippen molar-refractivity contribution in [1.82, 2.24) is 15.5 Å². The number of carbonyl (C=O) groups is 1. The highest BCUT2D eigenvalue weighted by Gasteiger charge is 2.22. The van der Waals surface area contributed by atoms with Gasteiger partial charge in [-0.05, 0) is 42.0 Å². The molecule has 3 rings (SSSR count). The first kappa shape index (κ1) is 24.2. The molecule has 0 saturated carbocycles. The Morgan fingerprint density at radius 1 is 0.967 bits per heavy atom. The lowest BCUT2D eigenvalue weighted by Gasteiger charge is -2.16. The predicted molar refractivity (Wildman–Crippen MR) is 134 cm³/mol. The second kappa shape index (κ2) is 12.6. The van der Waals surface area contributed by atoms with Crippen LogP contribution in [0.25, 0.3) is 0 Å². The van der Waals surface area contributed by atoms with E-state index in [9.17, 15) is 4.79 Å². The van der Waals surface area contributed by atoms with E-state index in [1.807, 2.05) is 17.0 Å². The van der Waals surface area contributed by atoms with Gasteiger partial charge in [0.1, 0.15) is 0 Å². The number of rotatable bonds is 8. The summed E-state index contributed by atoms with van der Waals surface area (Å²) in [7, 11) is 0. The molecule has 0 radical (unpaired) electrons. The third-order valence-corrected chi connectivity index (χ3v) is 5.30. The van der Waals surface area contributed by atoms with Crippen molar-refractivity contribution in [1.29, 1.82) is 0 Å². The quantitative estimate of drug-likeness (QED) is 0.237. The molecule has 2 N–H and O–H groups in total. The number of amides is 1. The normalized spacial score (nSPS) is 12.9. The van der Waals surface area contributed by atoms with Crippen LogP contribution in [-0.2, 0) is 30.8 Å². The molecule has 0 aliphatic carbocycles. The van der Waals surface area contributed by atoms with E-state index in [2.05, 4.69) is 60.9 Å². The number of nitrogens with one attached hydrogen (secondary N) is 2. The van der Waals surface area contributed by atoms with Crippen LogP contribution in [0.4, 0.5) is 0 Å². The second-order valence-corrected chi connectivity index (χ2v) is 7.37. The lowest BCUT2D eigenvalue weighted by Crippen LogP contribution is -2.38. The van der Waals surface area contributed by atoms with Gasteiger partial charge in [0.25, 0.3) is 0 Å². The minimum atomic E-state index is 0. The molecule has 0 saturated heterocycles. The Morgan fingerprint density at radius 3 is 2.23 bits per heavy atom. The first-order chi connectivity index (χ1) is 14.2. The summed E-state index contributed by atoms with van der Waals surface area (Å²) in [4.78, 5) is 19.2. The van der Waals surface area contributed by atoms with Crippen LogP contribution in [0.1, 0.15) is 48.9 Å². The van der Waals surface area contributed by atoms with Gasteiger partial charge in [-0.25, -0.2) is 4.99 Å². The number of hydrogen-bond acceptors (Lipinski definition) is 2. The van der Waals surface area contributed by atoms with Gasteiger partial charge in [-0.15, -0.1) is 24.0 Å². The standard InChI is InChI=1S/C24H32N4O.HI/c1-3-19-10-5-6-11-20(19)16-27-24(25-4-2)26-15-9-14-23(29)28-17-21-12-7-8-13-22(21)18-28;/h5-8,10-13H,3-4,9,14-18H2,1-2H3,(H2,25,26,27);1H. The first-order valence-electron chi connectivity index (χ1n) is 10.6. The zero-order valence-corrected chi connectivity index (χ0v) is 20.3. The molecule has 6 heteroatoms. The van der Waals surface area contributed by atoms with Gasteiger partial charge in [0, 0.05) is 32.6 Å². The largest absolute Gasteiger partial charge is 0.357 e. The molecule has 5 nitrogen and oxygen atoms in total. The van der Waals surface area contributed by atoms with Crippen LogP contribution in [0.15, 0.2) is 53.5 Å². The van der Waals surface area contributed by atoms with Crippen molar-refractivity contribution in [2.45, 2.75) is 52.7 Å². The summed E-state index contributed by atoms with van der Waals surface area (Å²) in [5.74, 6) is 1.03.